The number of rotatable bonds is 3. The number of hydrogen-bond acceptors (Lipinski definition) is 3. The minimum atomic E-state index is 0.136. The summed E-state index contributed by atoms with van der Waals surface area (Å²) in [7, 11) is 0. The van der Waals surface area contributed by atoms with Gasteiger partial charge in [-0.15, -0.1) is 0 Å². The molecule has 2 aliphatic heterocycles. The number of carbonyl (C=O) groups is 1. The monoisotopic (exact) mass is 303 g/mol. The maximum absolute atomic E-state index is 12.1. The molecule has 22 heavy (non-hydrogen) atoms. The number of nitrogens with one attached hydrogen (secondary N) is 1. The fourth-order valence-electron chi connectivity index (χ4n) is 3.67. The highest BCUT2D eigenvalue weighted by Crippen LogP contribution is 2.22. The Hall–Kier alpha value is -1.62. The molecule has 1 aromatic rings. The number of aromatic amines is 1. The van der Waals surface area contributed by atoms with Crippen LogP contribution in [-0.2, 0) is 11.3 Å². The number of carbonyl (C=O) groups excluding carboxylic acids is 1. The van der Waals surface area contributed by atoms with Crippen LogP contribution in [0.3, 0.4) is 0 Å². The van der Waals surface area contributed by atoms with Gasteiger partial charge in [0.15, 0.2) is 5.43 Å². The zero-order chi connectivity index (χ0) is 15.7. The molecule has 3 heterocycles. The van der Waals surface area contributed by atoms with E-state index in [4.69, 9.17) is 0 Å². The summed E-state index contributed by atoms with van der Waals surface area (Å²) in [6.07, 6.45) is 5.73. The zero-order valence-corrected chi connectivity index (χ0v) is 13.5. The maximum atomic E-state index is 12.1. The molecule has 3 rings (SSSR count). The van der Waals surface area contributed by atoms with Gasteiger partial charge < -0.3 is 9.88 Å². The summed E-state index contributed by atoms with van der Waals surface area (Å²) in [6, 6.07) is 0.348. The van der Waals surface area contributed by atoms with Crippen molar-refractivity contribution in [1.29, 1.82) is 0 Å². The van der Waals surface area contributed by atoms with Crippen LogP contribution in [0.4, 0.5) is 0 Å². The summed E-state index contributed by atoms with van der Waals surface area (Å²) < 4.78 is 0. The first-order chi connectivity index (χ1) is 10.6. The van der Waals surface area contributed by atoms with Gasteiger partial charge in [-0.25, -0.2) is 0 Å². The van der Waals surface area contributed by atoms with E-state index < -0.39 is 0 Å². The lowest BCUT2D eigenvalue weighted by Gasteiger charge is -2.37. The average molecular weight is 303 g/mol. The van der Waals surface area contributed by atoms with Crippen molar-refractivity contribution in [2.45, 2.75) is 52.1 Å². The van der Waals surface area contributed by atoms with Crippen LogP contribution in [0.25, 0.3) is 0 Å². The lowest BCUT2D eigenvalue weighted by atomic mass is 10.0. The van der Waals surface area contributed by atoms with Gasteiger partial charge >= 0.3 is 0 Å². The summed E-state index contributed by atoms with van der Waals surface area (Å²) in [5, 5.41) is 0. The van der Waals surface area contributed by atoms with Crippen LogP contribution in [0.5, 0.6) is 0 Å². The summed E-state index contributed by atoms with van der Waals surface area (Å²) in [5.41, 5.74) is 2.72. The number of piperidine rings is 1. The maximum Gasteiger partial charge on any atom is 0.222 e. The van der Waals surface area contributed by atoms with E-state index in [1.165, 1.54) is 0 Å². The Morgan fingerprint density at radius 2 is 2.05 bits per heavy atom. The molecule has 1 N–H and O–H groups in total. The highest BCUT2D eigenvalue weighted by atomic mass is 16.2. The summed E-state index contributed by atoms with van der Waals surface area (Å²) in [6.45, 7) is 7.37. The van der Waals surface area contributed by atoms with E-state index >= 15 is 0 Å². The Labute approximate surface area is 131 Å². The predicted octanol–water partition coefficient (Wildman–Crippen LogP) is 1.58. The molecule has 2 fully saturated rings. The molecular formula is C17H25N3O2. The topological polar surface area (TPSA) is 56.4 Å². The molecule has 0 aliphatic carbocycles. The van der Waals surface area contributed by atoms with Crippen LogP contribution in [-0.4, -0.2) is 46.4 Å². The quantitative estimate of drug-likeness (QED) is 0.922. The second kappa shape index (κ2) is 6.24. The highest BCUT2D eigenvalue weighted by Gasteiger charge is 2.31. The van der Waals surface area contributed by atoms with Crippen LogP contribution in [0.15, 0.2) is 11.0 Å². The van der Waals surface area contributed by atoms with Crippen molar-refractivity contribution in [2.75, 3.05) is 19.6 Å². The van der Waals surface area contributed by atoms with Crippen LogP contribution < -0.4 is 5.43 Å². The number of amides is 1. The Kier molecular flexibility index (Phi) is 4.34. The molecule has 1 aromatic heterocycles. The molecule has 0 radical (unpaired) electrons. The first-order valence-corrected chi connectivity index (χ1v) is 8.26. The van der Waals surface area contributed by atoms with Crippen molar-refractivity contribution >= 4 is 5.91 Å². The molecule has 5 heteroatoms. The second-order valence-electron chi connectivity index (χ2n) is 6.63. The smallest absolute Gasteiger partial charge is 0.222 e. The molecule has 2 saturated heterocycles. The first-order valence-electron chi connectivity index (χ1n) is 8.26. The third-order valence-corrected chi connectivity index (χ3v) is 5.03. The standard InChI is InChI=1S/C17H25N3O2/c1-12-9-18-15(13(2)17(12)22)11-19-7-3-5-14(10-19)20-8-4-6-16(20)21/h9,14H,3-8,10-11H2,1-2H3,(H,18,22)/t14-/m0/s1. The number of hydrogen-bond donors (Lipinski definition) is 1. The molecule has 2 aliphatic rings. The van der Waals surface area contributed by atoms with E-state index in [9.17, 15) is 9.59 Å². The number of nitrogens with zero attached hydrogens (tertiary/aromatic N) is 2. The molecule has 1 amide bonds. The van der Waals surface area contributed by atoms with Gasteiger partial charge in [0.2, 0.25) is 5.91 Å². The highest BCUT2D eigenvalue weighted by molar-refractivity contribution is 5.78. The number of aryl methyl sites for hydroxylation is 1. The first kappa shape index (κ1) is 15.3. The normalized spacial score (nSPS) is 23.3. The van der Waals surface area contributed by atoms with Gasteiger partial charge in [0.1, 0.15) is 0 Å². The Balaban J connectivity index is 1.69. The summed E-state index contributed by atoms with van der Waals surface area (Å²) in [5.74, 6) is 0.312. The Morgan fingerprint density at radius 3 is 2.77 bits per heavy atom. The van der Waals surface area contributed by atoms with Crippen molar-refractivity contribution in [1.82, 2.24) is 14.8 Å². The van der Waals surface area contributed by atoms with E-state index in [1.807, 2.05) is 13.8 Å². The van der Waals surface area contributed by atoms with Gasteiger partial charge in [-0.1, -0.05) is 0 Å². The van der Waals surface area contributed by atoms with Crippen molar-refractivity contribution in [2.24, 2.45) is 0 Å². The molecule has 0 bridgehead atoms. The number of pyridine rings is 1. The minimum Gasteiger partial charge on any atom is -0.363 e. The molecule has 120 valence electrons. The molecule has 1 atom stereocenters. The second-order valence-corrected chi connectivity index (χ2v) is 6.63. The minimum absolute atomic E-state index is 0.136. The Morgan fingerprint density at radius 1 is 1.23 bits per heavy atom. The van der Waals surface area contributed by atoms with Crippen LogP contribution in [0.2, 0.25) is 0 Å². The van der Waals surface area contributed by atoms with Gasteiger partial charge in [0, 0.05) is 55.1 Å². The van der Waals surface area contributed by atoms with Crippen LogP contribution in [0, 0.1) is 13.8 Å². The summed E-state index contributed by atoms with van der Waals surface area (Å²) in [4.78, 5) is 31.7. The molecule has 0 unspecified atom stereocenters. The molecular weight excluding hydrogens is 278 g/mol. The van der Waals surface area contributed by atoms with E-state index in [2.05, 4.69) is 14.8 Å². The van der Waals surface area contributed by atoms with Crippen molar-refractivity contribution < 1.29 is 4.79 Å². The van der Waals surface area contributed by atoms with Gasteiger partial charge in [-0.05, 0) is 39.7 Å². The van der Waals surface area contributed by atoms with Gasteiger partial charge in [0.25, 0.3) is 0 Å². The predicted molar refractivity (Wildman–Crippen MR) is 85.8 cm³/mol. The Bertz CT molecular complexity index is 623. The van der Waals surface area contributed by atoms with Gasteiger partial charge in [-0.3, -0.25) is 14.5 Å². The summed E-state index contributed by atoms with van der Waals surface area (Å²) >= 11 is 0. The number of aromatic nitrogens is 1. The van der Waals surface area contributed by atoms with E-state index in [0.29, 0.717) is 18.4 Å². The van der Waals surface area contributed by atoms with E-state index in [0.717, 1.165) is 62.3 Å². The van der Waals surface area contributed by atoms with Crippen LogP contribution in [0.1, 0.15) is 42.5 Å². The lowest BCUT2D eigenvalue weighted by Crippen LogP contribution is -2.48. The van der Waals surface area contributed by atoms with Crippen molar-refractivity contribution in [3.05, 3.63) is 33.2 Å². The SMILES string of the molecule is Cc1c[nH]c(CN2CCC[C@H](N3CCCC3=O)C2)c(C)c1=O. The zero-order valence-electron chi connectivity index (χ0n) is 13.5. The van der Waals surface area contributed by atoms with Crippen molar-refractivity contribution in [3.8, 4) is 0 Å². The molecule has 0 aromatic carbocycles. The lowest BCUT2D eigenvalue weighted by molar-refractivity contribution is -0.130. The van der Waals surface area contributed by atoms with Crippen molar-refractivity contribution in [3.63, 3.8) is 0 Å². The third-order valence-electron chi connectivity index (χ3n) is 5.03. The fraction of sp³-hybridized carbons (Fsp3) is 0.647. The fourth-order valence-corrected chi connectivity index (χ4v) is 3.67. The number of H-pyrrole nitrogens is 1. The van der Waals surface area contributed by atoms with Gasteiger partial charge in [-0.2, -0.15) is 0 Å². The van der Waals surface area contributed by atoms with E-state index in [-0.39, 0.29) is 5.43 Å². The third kappa shape index (κ3) is 2.95. The largest absolute Gasteiger partial charge is 0.363 e. The average Bonchev–Trinajstić information content (AvgIpc) is 2.94. The molecule has 0 saturated carbocycles. The van der Waals surface area contributed by atoms with Crippen LogP contribution >= 0.6 is 0 Å². The molecule has 5 nitrogen and oxygen atoms in total. The molecule has 0 spiro atoms. The van der Waals surface area contributed by atoms with E-state index in [1.54, 1.807) is 6.20 Å². The van der Waals surface area contributed by atoms with Gasteiger partial charge in [0.05, 0.1) is 0 Å². The number of likely N-dealkylation sites (tertiary alicyclic amines) is 2.